The third-order valence-corrected chi connectivity index (χ3v) is 4.36. The predicted molar refractivity (Wildman–Crippen MR) is 101 cm³/mol. The maximum absolute atomic E-state index is 12.0. The first-order chi connectivity index (χ1) is 12.0. The molecule has 4 N–H and O–H groups in total. The molecule has 1 aromatic carbocycles. The summed E-state index contributed by atoms with van der Waals surface area (Å²) in [6.07, 6.45) is 0. The van der Waals surface area contributed by atoms with E-state index in [1.165, 1.54) is 12.1 Å². The summed E-state index contributed by atoms with van der Waals surface area (Å²) in [5, 5.41) is 19.3. The van der Waals surface area contributed by atoms with Crippen LogP contribution in [0.5, 0.6) is 5.75 Å². The van der Waals surface area contributed by atoms with Gasteiger partial charge in [0.25, 0.3) is 0 Å². The van der Waals surface area contributed by atoms with Gasteiger partial charge in [-0.15, -0.1) is 11.3 Å². The highest BCUT2D eigenvalue weighted by atomic mass is 32.1. The summed E-state index contributed by atoms with van der Waals surface area (Å²) in [6, 6.07) is 6.30. The molecule has 1 aromatic heterocycles. The average Bonchev–Trinajstić information content (AvgIpc) is 2.90. The van der Waals surface area contributed by atoms with Crippen molar-refractivity contribution in [1.82, 2.24) is 15.6 Å². The number of aromatic hydroxyl groups is 1. The van der Waals surface area contributed by atoms with Gasteiger partial charge in [0.05, 0.1) is 17.2 Å². The van der Waals surface area contributed by atoms with Crippen LogP contribution in [0.2, 0.25) is 0 Å². The minimum absolute atomic E-state index is 0.00307. The van der Waals surface area contributed by atoms with E-state index in [9.17, 15) is 9.90 Å². The lowest BCUT2D eigenvalue weighted by Crippen LogP contribution is -2.37. The van der Waals surface area contributed by atoms with Crippen molar-refractivity contribution >= 4 is 28.9 Å². The van der Waals surface area contributed by atoms with Crippen LogP contribution in [0.25, 0.3) is 0 Å². The average molecular weight is 361 g/mol. The number of amides is 1. The van der Waals surface area contributed by atoms with E-state index >= 15 is 0 Å². The third kappa shape index (κ3) is 6.07. The van der Waals surface area contributed by atoms with Crippen molar-refractivity contribution in [3.63, 3.8) is 0 Å². The standard InChI is InChI=1S/C17H23N5O2S/c1-4-18-17(19-9-15-11(2)21-12(3)25-15)20-10-16(24)22-13-5-7-14(23)8-6-13/h5-8,23H,4,9-10H2,1-3H3,(H,22,24)(H2,18,19,20). The van der Waals surface area contributed by atoms with Gasteiger partial charge in [-0.05, 0) is 45.0 Å². The number of anilines is 1. The van der Waals surface area contributed by atoms with Gasteiger partial charge >= 0.3 is 0 Å². The lowest BCUT2D eigenvalue weighted by Gasteiger charge is -2.11. The van der Waals surface area contributed by atoms with Gasteiger partial charge in [-0.2, -0.15) is 0 Å². The molecular weight excluding hydrogens is 338 g/mol. The molecule has 1 heterocycles. The number of aryl methyl sites for hydroxylation is 2. The summed E-state index contributed by atoms with van der Waals surface area (Å²) in [5.41, 5.74) is 1.63. The number of guanidine groups is 1. The molecule has 0 radical (unpaired) electrons. The Labute approximate surface area is 151 Å². The lowest BCUT2D eigenvalue weighted by molar-refractivity contribution is -0.114. The second kappa shape index (κ2) is 9.03. The molecule has 2 rings (SSSR count). The maximum Gasteiger partial charge on any atom is 0.246 e. The van der Waals surface area contributed by atoms with Crippen molar-refractivity contribution < 1.29 is 9.90 Å². The number of aliphatic imine (C=N–C) groups is 1. The molecule has 0 aliphatic carbocycles. The Kier molecular flexibility index (Phi) is 6.76. The normalized spacial score (nSPS) is 11.2. The molecule has 0 fully saturated rings. The number of thiazole rings is 1. The van der Waals surface area contributed by atoms with Crippen LogP contribution >= 0.6 is 11.3 Å². The van der Waals surface area contributed by atoms with E-state index in [4.69, 9.17) is 0 Å². The van der Waals surface area contributed by atoms with E-state index in [0.717, 1.165) is 15.6 Å². The monoisotopic (exact) mass is 361 g/mol. The van der Waals surface area contributed by atoms with Crippen LogP contribution in [-0.4, -0.2) is 35.0 Å². The number of rotatable bonds is 6. The van der Waals surface area contributed by atoms with Crippen LogP contribution in [0.3, 0.4) is 0 Å². The molecule has 1 amide bonds. The second-order valence-electron chi connectivity index (χ2n) is 5.39. The molecule has 0 saturated carbocycles. The first kappa shape index (κ1) is 18.7. The van der Waals surface area contributed by atoms with E-state index in [2.05, 4.69) is 25.9 Å². The molecule has 25 heavy (non-hydrogen) atoms. The fraction of sp³-hybridized carbons (Fsp3) is 0.353. The number of benzene rings is 1. The third-order valence-electron chi connectivity index (χ3n) is 3.29. The number of nitrogens with one attached hydrogen (secondary N) is 3. The van der Waals surface area contributed by atoms with Crippen LogP contribution in [0, 0.1) is 13.8 Å². The van der Waals surface area contributed by atoms with Gasteiger partial charge in [-0.1, -0.05) is 0 Å². The van der Waals surface area contributed by atoms with Crippen molar-refractivity contribution in [2.24, 2.45) is 4.99 Å². The van der Waals surface area contributed by atoms with E-state index in [1.54, 1.807) is 23.5 Å². The fourth-order valence-electron chi connectivity index (χ4n) is 2.14. The Balaban J connectivity index is 1.90. The summed E-state index contributed by atoms with van der Waals surface area (Å²) in [5.74, 6) is 0.504. The van der Waals surface area contributed by atoms with Gasteiger partial charge < -0.3 is 21.1 Å². The molecule has 0 saturated heterocycles. The van der Waals surface area contributed by atoms with Crippen molar-refractivity contribution in [3.8, 4) is 5.75 Å². The minimum Gasteiger partial charge on any atom is -0.508 e. The molecule has 134 valence electrons. The van der Waals surface area contributed by atoms with Crippen molar-refractivity contribution in [3.05, 3.63) is 39.8 Å². The van der Waals surface area contributed by atoms with E-state index in [0.29, 0.717) is 24.7 Å². The zero-order valence-corrected chi connectivity index (χ0v) is 15.4. The highest BCUT2D eigenvalue weighted by Crippen LogP contribution is 2.16. The minimum atomic E-state index is -0.229. The Morgan fingerprint density at radius 2 is 1.96 bits per heavy atom. The van der Waals surface area contributed by atoms with Gasteiger partial charge in [0.1, 0.15) is 12.3 Å². The summed E-state index contributed by atoms with van der Waals surface area (Å²) >= 11 is 1.65. The lowest BCUT2D eigenvalue weighted by atomic mass is 10.3. The Morgan fingerprint density at radius 3 is 2.56 bits per heavy atom. The van der Waals surface area contributed by atoms with E-state index < -0.39 is 0 Å². The summed E-state index contributed by atoms with van der Waals surface area (Å²) < 4.78 is 0. The molecule has 0 aliphatic heterocycles. The largest absolute Gasteiger partial charge is 0.508 e. The summed E-state index contributed by atoms with van der Waals surface area (Å²) in [7, 11) is 0. The zero-order valence-electron chi connectivity index (χ0n) is 14.6. The van der Waals surface area contributed by atoms with Gasteiger partial charge in [0.15, 0.2) is 5.96 Å². The summed E-state index contributed by atoms with van der Waals surface area (Å²) in [6.45, 7) is 7.24. The molecular formula is C17H23N5O2S. The van der Waals surface area contributed by atoms with Gasteiger partial charge in [-0.3, -0.25) is 4.79 Å². The highest BCUT2D eigenvalue weighted by molar-refractivity contribution is 7.11. The van der Waals surface area contributed by atoms with Crippen LogP contribution < -0.4 is 16.0 Å². The number of hydrogen-bond acceptors (Lipinski definition) is 5. The molecule has 8 heteroatoms. The molecule has 0 atom stereocenters. The van der Waals surface area contributed by atoms with Gasteiger partial charge in [0.2, 0.25) is 5.91 Å². The van der Waals surface area contributed by atoms with Crippen molar-refractivity contribution in [1.29, 1.82) is 0 Å². The molecule has 0 bridgehead atoms. The SMILES string of the molecule is CCNC(=NCC(=O)Nc1ccc(O)cc1)NCc1sc(C)nc1C. The van der Waals surface area contributed by atoms with Crippen LogP contribution in [-0.2, 0) is 11.3 Å². The number of nitrogens with zero attached hydrogens (tertiary/aromatic N) is 2. The van der Waals surface area contributed by atoms with Crippen molar-refractivity contribution in [2.45, 2.75) is 27.3 Å². The number of phenolic OH excluding ortho intramolecular Hbond substituents is 1. The van der Waals surface area contributed by atoms with E-state index in [-0.39, 0.29) is 18.2 Å². The number of carbonyl (C=O) groups is 1. The molecule has 2 aromatic rings. The topological polar surface area (TPSA) is 98.6 Å². The van der Waals surface area contributed by atoms with Gasteiger partial charge in [0, 0.05) is 17.1 Å². The molecule has 0 aliphatic rings. The van der Waals surface area contributed by atoms with Gasteiger partial charge in [-0.25, -0.2) is 9.98 Å². The Morgan fingerprint density at radius 1 is 1.24 bits per heavy atom. The number of aromatic nitrogens is 1. The first-order valence-corrected chi connectivity index (χ1v) is 8.83. The number of carbonyl (C=O) groups excluding carboxylic acids is 1. The maximum atomic E-state index is 12.0. The first-order valence-electron chi connectivity index (χ1n) is 8.02. The van der Waals surface area contributed by atoms with Crippen molar-refractivity contribution in [2.75, 3.05) is 18.4 Å². The van der Waals surface area contributed by atoms with Crippen LogP contribution in [0.1, 0.15) is 22.5 Å². The smallest absolute Gasteiger partial charge is 0.246 e. The van der Waals surface area contributed by atoms with Crippen LogP contribution in [0.15, 0.2) is 29.3 Å². The molecule has 7 nitrogen and oxygen atoms in total. The predicted octanol–water partition coefficient (Wildman–Crippen LogP) is 2.16. The number of phenols is 1. The summed E-state index contributed by atoms with van der Waals surface area (Å²) in [4.78, 5) is 21.8. The molecule has 0 unspecified atom stereocenters. The highest BCUT2D eigenvalue weighted by Gasteiger charge is 2.07. The zero-order chi connectivity index (χ0) is 18.2. The second-order valence-corrected chi connectivity index (χ2v) is 6.67. The number of hydrogen-bond donors (Lipinski definition) is 4. The fourth-order valence-corrected chi connectivity index (χ4v) is 3.02. The molecule has 0 spiro atoms. The Bertz CT molecular complexity index is 740. The quantitative estimate of drug-likeness (QED) is 0.359. The Hall–Kier alpha value is -2.61. The van der Waals surface area contributed by atoms with Crippen LogP contribution in [0.4, 0.5) is 5.69 Å². The van der Waals surface area contributed by atoms with E-state index in [1.807, 2.05) is 20.8 Å².